The number of ether oxygens (including phenoxy) is 1. The summed E-state index contributed by atoms with van der Waals surface area (Å²) in [5.41, 5.74) is -0.378. The van der Waals surface area contributed by atoms with Crippen LogP contribution in [-0.2, 0) is 31.5 Å². The van der Waals surface area contributed by atoms with Crippen molar-refractivity contribution in [2.24, 2.45) is 0 Å². The third kappa shape index (κ3) is 5.44. The largest absolute Gasteiger partial charge is 0.493 e. The predicted octanol–water partition coefficient (Wildman–Crippen LogP) is 3.76. The lowest BCUT2D eigenvalue weighted by molar-refractivity contribution is -0.137. The summed E-state index contributed by atoms with van der Waals surface area (Å²) in [5, 5.41) is 0. The van der Waals surface area contributed by atoms with Gasteiger partial charge in [0.15, 0.2) is 15.7 Å². The van der Waals surface area contributed by atoms with E-state index in [2.05, 4.69) is 14.7 Å². The fourth-order valence-corrected chi connectivity index (χ4v) is 7.13. The molecule has 2 aliphatic heterocycles. The van der Waals surface area contributed by atoms with Gasteiger partial charge in [-0.05, 0) is 30.2 Å². The highest BCUT2D eigenvalue weighted by molar-refractivity contribution is 7.92. The Morgan fingerprint density at radius 2 is 1.68 bits per heavy atom. The molecule has 2 aliphatic rings. The van der Waals surface area contributed by atoms with Gasteiger partial charge in [0.25, 0.3) is 10.0 Å². The SMILES string of the molecule is C[C@@]1(c2ccc(C(F)(F)F)cc2N2CCS(=O)(=O)CC2)CCOc2cc(S(=O)(=O)Nc3ncc(F)cn3)ccc21. The Morgan fingerprint density at radius 3 is 2.33 bits per heavy atom. The minimum absolute atomic E-state index is 0.0460. The molecule has 0 aliphatic carbocycles. The summed E-state index contributed by atoms with van der Waals surface area (Å²) >= 11 is 0. The molecule has 2 aromatic carbocycles. The topological polar surface area (TPSA) is 119 Å². The molecule has 0 unspecified atom stereocenters. The second-order valence-electron chi connectivity index (χ2n) is 9.79. The van der Waals surface area contributed by atoms with E-state index in [1.807, 2.05) is 6.92 Å². The number of fused-ring (bicyclic) bond motifs is 1. The second-order valence-corrected chi connectivity index (χ2v) is 13.8. The van der Waals surface area contributed by atoms with Crippen LogP contribution in [0.2, 0.25) is 0 Å². The molecule has 1 aromatic heterocycles. The molecule has 1 saturated heterocycles. The molecule has 15 heteroatoms. The van der Waals surface area contributed by atoms with Gasteiger partial charge >= 0.3 is 6.18 Å². The van der Waals surface area contributed by atoms with Gasteiger partial charge in [0.05, 0.1) is 41.0 Å². The Bertz CT molecular complexity index is 1650. The fourth-order valence-electron chi connectivity index (χ4n) is 4.96. The van der Waals surface area contributed by atoms with E-state index < -0.39 is 42.8 Å². The Kier molecular flexibility index (Phi) is 6.93. The summed E-state index contributed by atoms with van der Waals surface area (Å²) in [6.45, 7) is 2.07. The van der Waals surface area contributed by atoms with Crippen LogP contribution < -0.4 is 14.4 Å². The van der Waals surface area contributed by atoms with Gasteiger partial charge in [0.2, 0.25) is 5.95 Å². The molecular formula is C25H24F4N4O5S2. The van der Waals surface area contributed by atoms with Gasteiger partial charge in [0, 0.05) is 35.8 Å². The first-order chi connectivity index (χ1) is 18.7. The molecule has 3 heterocycles. The van der Waals surface area contributed by atoms with Crippen LogP contribution in [0.1, 0.15) is 30.0 Å². The predicted molar refractivity (Wildman–Crippen MR) is 138 cm³/mol. The molecule has 9 nitrogen and oxygen atoms in total. The smallest absolute Gasteiger partial charge is 0.416 e. The lowest BCUT2D eigenvalue weighted by Gasteiger charge is -2.40. The van der Waals surface area contributed by atoms with Crippen LogP contribution in [0.3, 0.4) is 0 Å². The van der Waals surface area contributed by atoms with Crippen LogP contribution >= 0.6 is 0 Å². The van der Waals surface area contributed by atoms with Gasteiger partial charge in [0.1, 0.15) is 5.75 Å². The molecule has 1 N–H and O–H groups in total. The summed E-state index contributed by atoms with van der Waals surface area (Å²) < 4.78 is 112. The molecule has 3 aromatic rings. The van der Waals surface area contributed by atoms with E-state index in [1.165, 1.54) is 24.3 Å². The minimum Gasteiger partial charge on any atom is -0.493 e. The molecule has 5 rings (SSSR count). The van der Waals surface area contributed by atoms with Crippen LogP contribution in [0.15, 0.2) is 53.7 Å². The van der Waals surface area contributed by atoms with Crippen molar-refractivity contribution in [3.63, 3.8) is 0 Å². The van der Waals surface area contributed by atoms with E-state index >= 15 is 0 Å². The number of rotatable bonds is 5. The summed E-state index contributed by atoms with van der Waals surface area (Å²) in [5.74, 6) is -1.19. The molecule has 40 heavy (non-hydrogen) atoms. The van der Waals surface area contributed by atoms with E-state index in [0.29, 0.717) is 17.5 Å². The van der Waals surface area contributed by atoms with Crippen molar-refractivity contribution in [2.75, 3.05) is 40.8 Å². The highest BCUT2D eigenvalue weighted by Crippen LogP contribution is 2.48. The molecule has 0 amide bonds. The molecule has 0 bridgehead atoms. The maximum atomic E-state index is 13.7. The number of anilines is 2. The van der Waals surface area contributed by atoms with Crippen molar-refractivity contribution in [1.82, 2.24) is 9.97 Å². The zero-order chi connectivity index (χ0) is 28.9. The number of hydrogen-bond donors (Lipinski definition) is 1. The average molecular weight is 601 g/mol. The Balaban J connectivity index is 1.55. The van der Waals surface area contributed by atoms with E-state index in [-0.39, 0.29) is 53.5 Å². The second kappa shape index (κ2) is 9.87. The number of sulfonamides is 1. The average Bonchev–Trinajstić information content (AvgIpc) is 2.89. The van der Waals surface area contributed by atoms with E-state index in [1.54, 1.807) is 4.90 Å². The molecular weight excluding hydrogens is 576 g/mol. The van der Waals surface area contributed by atoms with E-state index in [9.17, 15) is 34.4 Å². The molecule has 0 saturated carbocycles. The standard InChI is InChI=1S/C25H24F4N4O5S2/c1-24(19-4-2-16(25(27,28)29)12-21(19)33-7-10-39(34,35)11-8-33)6-9-38-22-13-18(3-5-20(22)24)40(36,37)32-23-30-14-17(26)15-31-23/h2-5,12-15H,6-11H2,1H3,(H,30,31,32)/t24-/m0/s1. The lowest BCUT2D eigenvalue weighted by Crippen LogP contribution is -2.42. The molecule has 214 valence electrons. The Morgan fingerprint density at radius 1 is 1.02 bits per heavy atom. The highest BCUT2D eigenvalue weighted by Gasteiger charge is 2.40. The number of benzene rings is 2. The van der Waals surface area contributed by atoms with Crippen molar-refractivity contribution in [2.45, 2.75) is 29.8 Å². The van der Waals surface area contributed by atoms with Crippen molar-refractivity contribution in [3.05, 3.63) is 71.3 Å². The lowest BCUT2D eigenvalue weighted by atomic mass is 9.71. The normalized spacial score (nSPS) is 20.9. The van der Waals surface area contributed by atoms with Gasteiger partial charge in [-0.2, -0.15) is 13.2 Å². The highest BCUT2D eigenvalue weighted by atomic mass is 32.2. The van der Waals surface area contributed by atoms with Gasteiger partial charge in [-0.3, -0.25) is 0 Å². The monoisotopic (exact) mass is 600 g/mol. The van der Waals surface area contributed by atoms with Gasteiger partial charge in [-0.15, -0.1) is 0 Å². The van der Waals surface area contributed by atoms with Crippen LogP contribution in [0.4, 0.5) is 29.2 Å². The maximum Gasteiger partial charge on any atom is 0.416 e. The summed E-state index contributed by atoms with van der Waals surface area (Å²) in [4.78, 5) is 8.66. The number of sulfone groups is 1. The number of alkyl halides is 3. The minimum atomic E-state index is -4.60. The first-order valence-corrected chi connectivity index (χ1v) is 15.4. The number of aromatic nitrogens is 2. The van der Waals surface area contributed by atoms with Crippen molar-refractivity contribution in [1.29, 1.82) is 0 Å². The van der Waals surface area contributed by atoms with E-state index in [0.717, 1.165) is 24.5 Å². The van der Waals surface area contributed by atoms with Gasteiger partial charge in [-0.25, -0.2) is 35.9 Å². The van der Waals surface area contributed by atoms with Crippen molar-refractivity contribution >= 4 is 31.5 Å². The molecule has 0 radical (unpaired) electrons. The number of hydrogen-bond acceptors (Lipinski definition) is 8. The number of halogens is 4. The van der Waals surface area contributed by atoms with Gasteiger partial charge < -0.3 is 9.64 Å². The van der Waals surface area contributed by atoms with E-state index in [4.69, 9.17) is 4.74 Å². The third-order valence-corrected chi connectivity index (χ3v) is 10.1. The molecule has 0 spiro atoms. The Labute approximate surface area is 228 Å². The third-order valence-electron chi connectivity index (χ3n) is 7.17. The van der Waals surface area contributed by atoms with Crippen LogP contribution in [0, 0.1) is 5.82 Å². The first kappa shape index (κ1) is 28.1. The van der Waals surface area contributed by atoms with Crippen molar-refractivity contribution in [3.8, 4) is 5.75 Å². The van der Waals surface area contributed by atoms with Gasteiger partial charge in [-0.1, -0.05) is 19.1 Å². The molecule has 1 fully saturated rings. The number of nitrogens with zero attached hydrogens (tertiary/aromatic N) is 3. The molecule has 1 atom stereocenters. The fraction of sp³-hybridized carbons (Fsp3) is 0.360. The van der Waals surface area contributed by atoms with Crippen LogP contribution in [0.5, 0.6) is 5.75 Å². The maximum absolute atomic E-state index is 13.7. The van der Waals surface area contributed by atoms with Crippen LogP contribution in [0.25, 0.3) is 0 Å². The number of nitrogens with one attached hydrogen (secondary N) is 1. The summed E-state index contributed by atoms with van der Waals surface area (Å²) in [6, 6.07) is 7.60. The zero-order valence-corrected chi connectivity index (χ0v) is 22.7. The summed E-state index contributed by atoms with van der Waals surface area (Å²) in [7, 11) is -7.47. The Hall–Kier alpha value is -3.46. The van der Waals surface area contributed by atoms with Crippen molar-refractivity contribution < 1.29 is 39.1 Å². The quantitative estimate of drug-likeness (QED) is 0.440. The zero-order valence-electron chi connectivity index (χ0n) is 21.1. The van der Waals surface area contributed by atoms with Crippen LogP contribution in [-0.4, -0.2) is 58.0 Å². The first-order valence-electron chi connectivity index (χ1n) is 12.1. The summed E-state index contributed by atoms with van der Waals surface area (Å²) in [6.07, 6.45) is -2.61.